The van der Waals surface area contributed by atoms with Crippen LogP contribution in [0.25, 0.3) is 0 Å². The second-order valence-corrected chi connectivity index (χ2v) is 15.3. The normalized spacial score (nSPS) is 40.6. The van der Waals surface area contributed by atoms with Crippen LogP contribution in [-0.2, 0) is 19.6 Å². The van der Waals surface area contributed by atoms with Crippen molar-refractivity contribution in [1.82, 2.24) is 0 Å². The number of rotatable bonds is 12. The van der Waals surface area contributed by atoms with E-state index in [0.29, 0.717) is 63.3 Å². The third kappa shape index (κ3) is 6.60. The zero-order valence-electron chi connectivity index (χ0n) is 27.4. The first-order valence-corrected chi connectivity index (χ1v) is 17.2. The Labute approximate surface area is 255 Å². The molecule has 6 saturated carbocycles. The highest BCUT2D eigenvalue weighted by molar-refractivity contribution is 5.09. The molecule has 0 spiro atoms. The van der Waals surface area contributed by atoms with Crippen molar-refractivity contribution >= 4 is 0 Å². The molecule has 0 saturated heterocycles. The summed E-state index contributed by atoms with van der Waals surface area (Å²) in [5.41, 5.74) is 5.05. The van der Waals surface area contributed by atoms with Gasteiger partial charge in [-0.15, -0.1) is 0 Å². The zero-order chi connectivity index (χ0) is 30.0. The van der Waals surface area contributed by atoms with Crippen LogP contribution in [0.3, 0.4) is 0 Å². The van der Waals surface area contributed by atoms with Crippen molar-refractivity contribution in [2.75, 3.05) is 39.6 Å². The highest BCUT2D eigenvalue weighted by Crippen LogP contribution is 2.64. The van der Waals surface area contributed by atoms with E-state index in [0.717, 1.165) is 47.3 Å². The van der Waals surface area contributed by atoms with Crippen LogP contribution in [0.1, 0.15) is 92.9 Å². The summed E-state index contributed by atoms with van der Waals surface area (Å²) in [7, 11) is 0. The third-order valence-corrected chi connectivity index (χ3v) is 13.2. The van der Waals surface area contributed by atoms with Crippen LogP contribution in [0.15, 0.2) is 22.3 Å². The Bertz CT molecular complexity index is 875. The molecule has 6 rings (SSSR count). The van der Waals surface area contributed by atoms with E-state index in [4.69, 9.17) is 19.6 Å². The second kappa shape index (κ2) is 14.6. The van der Waals surface area contributed by atoms with Crippen molar-refractivity contribution < 1.29 is 29.8 Å². The Kier molecular flexibility index (Phi) is 11.3. The average Bonchev–Trinajstić information content (AvgIpc) is 3.80. The second-order valence-electron chi connectivity index (χ2n) is 15.3. The van der Waals surface area contributed by atoms with Crippen LogP contribution in [-0.4, -0.2) is 49.9 Å². The number of hydrogen-bond acceptors (Lipinski definition) is 6. The monoisotopic (exact) mass is 588 g/mol. The zero-order valence-corrected chi connectivity index (χ0v) is 27.4. The Morgan fingerprint density at radius 2 is 0.810 bits per heavy atom. The van der Waals surface area contributed by atoms with Crippen molar-refractivity contribution in [1.29, 1.82) is 0 Å². The predicted octanol–water partition coefficient (Wildman–Crippen LogP) is 7.16. The minimum absolute atomic E-state index is 0.325. The van der Waals surface area contributed by atoms with Crippen molar-refractivity contribution in [2.24, 2.45) is 71.0 Å². The number of hydrogen-bond donors (Lipinski definition) is 2. The van der Waals surface area contributed by atoms with Gasteiger partial charge in [-0.3, -0.25) is 0 Å². The molecule has 0 heterocycles. The molecule has 4 bridgehead atoms. The molecule has 6 aliphatic carbocycles. The molecular formula is C36H60O6. The third-order valence-electron chi connectivity index (χ3n) is 13.2. The maximum Gasteiger partial charge on any atom is 0.103 e. The van der Waals surface area contributed by atoms with Crippen LogP contribution in [0.2, 0.25) is 0 Å². The van der Waals surface area contributed by atoms with Gasteiger partial charge in [0.2, 0.25) is 0 Å². The molecule has 0 aliphatic heterocycles. The highest BCUT2D eigenvalue weighted by Gasteiger charge is 2.59. The lowest BCUT2D eigenvalue weighted by Gasteiger charge is -2.37. The summed E-state index contributed by atoms with van der Waals surface area (Å²) in [6, 6.07) is 0. The molecule has 6 heteroatoms. The van der Waals surface area contributed by atoms with Gasteiger partial charge in [0.25, 0.3) is 0 Å². The van der Waals surface area contributed by atoms with Crippen LogP contribution >= 0.6 is 0 Å². The highest BCUT2D eigenvalue weighted by atomic mass is 17.2. The fraction of sp³-hybridized carbons (Fsp3) is 0.889. The van der Waals surface area contributed by atoms with E-state index in [-0.39, 0.29) is 0 Å². The lowest BCUT2D eigenvalue weighted by Crippen LogP contribution is -2.36. The Morgan fingerprint density at radius 1 is 0.476 bits per heavy atom. The number of allylic oxidation sites excluding steroid dienone is 2. The first-order valence-electron chi connectivity index (χ1n) is 17.2. The first-order chi connectivity index (χ1) is 20.3. The molecule has 12 atom stereocenters. The van der Waals surface area contributed by atoms with Gasteiger partial charge in [0.05, 0.1) is 13.2 Å². The van der Waals surface area contributed by atoms with E-state index in [1.54, 1.807) is 0 Å². The fourth-order valence-electron chi connectivity index (χ4n) is 10.6. The topological polar surface area (TPSA) is 77.4 Å². The summed E-state index contributed by atoms with van der Waals surface area (Å²) in [5.74, 6) is 8.57. The van der Waals surface area contributed by atoms with Crippen LogP contribution < -0.4 is 0 Å². The van der Waals surface area contributed by atoms with E-state index >= 15 is 0 Å². The standard InChI is InChI=1S/2C18H30O3/c2*1-11(2)12(3)9-20-21-10-18-16-7-15(17(18)8-19)13-5-4-6-14(13)16/h2*13-19H,4-10H2,1-3H3. The molecule has 6 aliphatic rings. The summed E-state index contributed by atoms with van der Waals surface area (Å²) in [6.45, 7) is 15.6. The largest absolute Gasteiger partial charge is 0.396 e. The lowest BCUT2D eigenvalue weighted by atomic mass is 9.70. The SMILES string of the molecule is CC(C)=C(C)COOCC1C(CO)C2CC1C1CCCC12.CC(C)=C(C)COOCC1C(CO)C2CC1C1CCCC12. The molecular weight excluding hydrogens is 528 g/mol. The molecule has 0 aromatic heterocycles. The molecule has 0 radical (unpaired) electrons. The van der Waals surface area contributed by atoms with Gasteiger partial charge in [-0.05, 0) is 162 Å². The van der Waals surface area contributed by atoms with Gasteiger partial charge in [-0.25, -0.2) is 19.6 Å². The Balaban J connectivity index is 0.000000168. The van der Waals surface area contributed by atoms with Crippen molar-refractivity contribution in [3.8, 4) is 0 Å². The van der Waals surface area contributed by atoms with Gasteiger partial charge in [0, 0.05) is 13.2 Å². The maximum atomic E-state index is 9.79. The van der Waals surface area contributed by atoms with Gasteiger partial charge >= 0.3 is 0 Å². The summed E-state index contributed by atoms with van der Waals surface area (Å²) in [4.78, 5) is 21.8. The Hall–Kier alpha value is -0.760. The molecule has 6 nitrogen and oxygen atoms in total. The Morgan fingerprint density at radius 3 is 1.12 bits per heavy atom. The van der Waals surface area contributed by atoms with Gasteiger partial charge < -0.3 is 10.2 Å². The van der Waals surface area contributed by atoms with Crippen LogP contribution in [0.5, 0.6) is 0 Å². The molecule has 2 N–H and O–H groups in total. The summed E-state index contributed by atoms with van der Waals surface area (Å²) in [6.07, 6.45) is 11.0. The van der Waals surface area contributed by atoms with E-state index in [9.17, 15) is 10.2 Å². The van der Waals surface area contributed by atoms with Gasteiger partial charge in [0.15, 0.2) is 0 Å². The molecule has 0 aromatic carbocycles. The van der Waals surface area contributed by atoms with Gasteiger partial charge in [-0.1, -0.05) is 24.0 Å². The minimum atomic E-state index is 0.325. The van der Waals surface area contributed by atoms with E-state index in [1.807, 2.05) is 0 Å². The molecule has 6 fully saturated rings. The van der Waals surface area contributed by atoms with E-state index in [1.165, 1.54) is 73.7 Å². The van der Waals surface area contributed by atoms with Gasteiger partial charge in [-0.2, -0.15) is 0 Å². The molecule has 42 heavy (non-hydrogen) atoms. The average molecular weight is 589 g/mol. The molecule has 12 unspecified atom stereocenters. The molecule has 0 aromatic rings. The smallest absolute Gasteiger partial charge is 0.103 e. The summed E-state index contributed by atoms with van der Waals surface area (Å²) >= 11 is 0. The summed E-state index contributed by atoms with van der Waals surface area (Å²) in [5, 5.41) is 19.6. The van der Waals surface area contributed by atoms with Crippen molar-refractivity contribution in [3.63, 3.8) is 0 Å². The lowest BCUT2D eigenvalue weighted by molar-refractivity contribution is -0.300. The number of fused-ring (bicyclic) bond motifs is 10. The quantitative estimate of drug-likeness (QED) is 0.109. The van der Waals surface area contributed by atoms with Crippen LogP contribution in [0.4, 0.5) is 0 Å². The van der Waals surface area contributed by atoms with Crippen LogP contribution in [0, 0.1) is 71.0 Å². The molecule has 240 valence electrons. The van der Waals surface area contributed by atoms with Gasteiger partial charge in [0.1, 0.15) is 13.2 Å². The first kappa shape index (κ1) is 32.6. The van der Waals surface area contributed by atoms with Crippen molar-refractivity contribution in [3.05, 3.63) is 22.3 Å². The fourth-order valence-corrected chi connectivity index (χ4v) is 10.6. The summed E-state index contributed by atoms with van der Waals surface area (Å²) < 4.78 is 0. The van der Waals surface area contributed by atoms with Crippen molar-refractivity contribution in [2.45, 2.75) is 92.9 Å². The maximum absolute atomic E-state index is 9.79. The number of aliphatic hydroxyl groups excluding tert-OH is 2. The minimum Gasteiger partial charge on any atom is -0.396 e. The number of aliphatic hydroxyl groups is 2. The van der Waals surface area contributed by atoms with E-state index in [2.05, 4.69) is 41.5 Å². The van der Waals surface area contributed by atoms with E-state index < -0.39 is 0 Å². The molecule has 0 amide bonds. The predicted molar refractivity (Wildman–Crippen MR) is 165 cm³/mol.